The lowest BCUT2D eigenvalue weighted by molar-refractivity contribution is -0.141. The summed E-state index contributed by atoms with van der Waals surface area (Å²) in [6.45, 7) is 1.82. The summed E-state index contributed by atoms with van der Waals surface area (Å²) in [6, 6.07) is 4.37. The van der Waals surface area contributed by atoms with Crippen LogP contribution in [0.5, 0.6) is 0 Å². The van der Waals surface area contributed by atoms with Crippen LogP contribution in [0.15, 0.2) is 36.8 Å². The molecule has 0 aliphatic heterocycles. The number of hydrogen-bond acceptors (Lipinski definition) is 3. The lowest BCUT2D eigenvalue weighted by Crippen LogP contribution is -2.24. The second-order valence-corrected chi connectivity index (χ2v) is 8.64. The largest absolute Gasteiger partial charge is 0.433 e. The van der Waals surface area contributed by atoms with Crippen LogP contribution >= 0.6 is 0 Å². The molecule has 32 heavy (non-hydrogen) atoms. The molecule has 10 heteroatoms. The highest BCUT2D eigenvalue weighted by Gasteiger charge is 2.59. The number of pyridine rings is 1. The number of rotatable bonds is 4. The van der Waals surface area contributed by atoms with E-state index in [9.17, 15) is 26.7 Å². The number of fused-ring (bicyclic) bond motifs is 2. The van der Waals surface area contributed by atoms with E-state index in [0.717, 1.165) is 37.2 Å². The third-order valence-corrected chi connectivity index (χ3v) is 6.81. The van der Waals surface area contributed by atoms with E-state index in [-0.39, 0.29) is 29.5 Å². The molecule has 1 aromatic carbocycles. The average molecular weight is 450 g/mol. The molecular weight excluding hydrogens is 431 g/mol. The van der Waals surface area contributed by atoms with Crippen LogP contribution in [0.25, 0.3) is 11.0 Å². The van der Waals surface area contributed by atoms with E-state index in [1.165, 1.54) is 6.07 Å². The van der Waals surface area contributed by atoms with Crippen LogP contribution in [0.1, 0.15) is 31.5 Å². The van der Waals surface area contributed by atoms with E-state index < -0.39 is 23.5 Å². The number of imidazole rings is 1. The molecule has 2 fully saturated rings. The van der Waals surface area contributed by atoms with Crippen LogP contribution < -0.4 is 5.32 Å². The van der Waals surface area contributed by atoms with Gasteiger partial charge < -0.3 is 9.88 Å². The van der Waals surface area contributed by atoms with Crippen LogP contribution in [0.2, 0.25) is 0 Å². The Labute approximate surface area is 179 Å². The molecule has 2 aliphatic carbocycles. The molecule has 0 spiro atoms. The van der Waals surface area contributed by atoms with E-state index in [0.29, 0.717) is 22.9 Å². The second-order valence-electron chi connectivity index (χ2n) is 8.64. The third-order valence-electron chi connectivity index (χ3n) is 6.81. The molecule has 2 heterocycles. The minimum absolute atomic E-state index is 0.102. The number of carbonyl (C=O) groups excluding carboxylic acids is 1. The van der Waals surface area contributed by atoms with Gasteiger partial charge in [-0.05, 0) is 42.7 Å². The van der Waals surface area contributed by atoms with Crippen molar-refractivity contribution in [2.24, 2.45) is 23.7 Å². The molecular formula is C22H19F5N4O. The van der Waals surface area contributed by atoms with Gasteiger partial charge in [0.15, 0.2) is 11.6 Å². The molecule has 2 saturated carbocycles. The maximum atomic E-state index is 13.7. The second kappa shape index (κ2) is 7.25. The number of anilines is 1. The molecule has 5 rings (SSSR count). The molecule has 1 N–H and O–H groups in total. The van der Waals surface area contributed by atoms with Gasteiger partial charge in [0.05, 0.1) is 29.2 Å². The summed E-state index contributed by atoms with van der Waals surface area (Å²) in [7, 11) is 0. The topological polar surface area (TPSA) is 59.8 Å². The van der Waals surface area contributed by atoms with Gasteiger partial charge in [-0.15, -0.1) is 0 Å². The van der Waals surface area contributed by atoms with Crippen LogP contribution in [-0.4, -0.2) is 20.4 Å². The zero-order valence-electron chi connectivity index (χ0n) is 16.9. The molecule has 2 aromatic heterocycles. The smallest absolute Gasteiger partial charge is 0.327 e. The molecule has 3 aromatic rings. The van der Waals surface area contributed by atoms with Crippen molar-refractivity contribution in [2.45, 2.75) is 32.0 Å². The van der Waals surface area contributed by atoms with Crippen LogP contribution in [0, 0.1) is 35.3 Å². The Kier molecular flexibility index (Phi) is 4.72. The number of aromatic nitrogens is 3. The fourth-order valence-corrected chi connectivity index (χ4v) is 5.21. The first kappa shape index (κ1) is 20.8. The van der Waals surface area contributed by atoms with Gasteiger partial charge in [0.2, 0.25) is 5.91 Å². The van der Waals surface area contributed by atoms with Gasteiger partial charge in [-0.3, -0.25) is 4.79 Å². The average Bonchev–Trinajstić information content (AvgIpc) is 3.05. The molecule has 5 nitrogen and oxygen atoms in total. The minimum atomic E-state index is -4.53. The highest BCUT2D eigenvalue weighted by Crippen LogP contribution is 2.64. The number of nitrogens with zero attached hydrogens (tertiary/aromatic N) is 3. The SMILES string of the molecule is CC(C(=O)Nc1ccc(C(F)(F)F)nc1)C1[C@H]2CC(n3cnc4cc(F)c(F)cc43)C[C@@H]12. The number of benzene rings is 1. The van der Waals surface area contributed by atoms with Gasteiger partial charge in [0.25, 0.3) is 0 Å². The summed E-state index contributed by atoms with van der Waals surface area (Å²) >= 11 is 0. The molecule has 168 valence electrons. The van der Waals surface area contributed by atoms with Crippen molar-refractivity contribution < 1.29 is 26.7 Å². The van der Waals surface area contributed by atoms with Crippen LogP contribution in [0.3, 0.4) is 0 Å². The Morgan fingerprint density at radius 2 is 1.81 bits per heavy atom. The highest BCUT2D eigenvalue weighted by atomic mass is 19.4. The fourth-order valence-electron chi connectivity index (χ4n) is 5.21. The summed E-state index contributed by atoms with van der Waals surface area (Å²) < 4.78 is 66.8. The maximum absolute atomic E-state index is 13.7. The van der Waals surface area contributed by atoms with Crippen molar-refractivity contribution in [1.82, 2.24) is 14.5 Å². The number of carbonyl (C=O) groups is 1. The monoisotopic (exact) mass is 450 g/mol. The summed E-state index contributed by atoms with van der Waals surface area (Å²) in [4.78, 5) is 20.1. The summed E-state index contributed by atoms with van der Waals surface area (Å²) in [5, 5.41) is 2.64. The lowest BCUT2D eigenvalue weighted by Gasteiger charge is -2.20. The van der Waals surface area contributed by atoms with Gasteiger partial charge in [-0.25, -0.2) is 18.7 Å². The van der Waals surface area contributed by atoms with Crippen molar-refractivity contribution in [3.8, 4) is 0 Å². The molecule has 2 aliphatic rings. The predicted octanol–water partition coefficient (Wildman–Crippen LogP) is 5.20. The summed E-state index contributed by atoms with van der Waals surface area (Å²) in [6.07, 6.45) is -0.318. The Bertz CT molecular complexity index is 1180. The molecule has 1 amide bonds. The number of halogens is 5. The molecule has 0 bridgehead atoms. The van der Waals surface area contributed by atoms with Crippen molar-refractivity contribution in [3.63, 3.8) is 0 Å². The first-order valence-corrected chi connectivity index (χ1v) is 10.3. The fraction of sp³-hybridized carbons (Fsp3) is 0.409. The van der Waals surface area contributed by atoms with Crippen molar-refractivity contribution >= 4 is 22.6 Å². The van der Waals surface area contributed by atoms with Gasteiger partial charge in [-0.2, -0.15) is 13.2 Å². The number of alkyl halides is 3. The van der Waals surface area contributed by atoms with Crippen molar-refractivity contribution in [1.29, 1.82) is 0 Å². The highest BCUT2D eigenvalue weighted by molar-refractivity contribution is 5.92. The zero-order chi connectivity index (χ0) is 22.8. The predicted molar refractivity (Wildman–Crippen MR) is 105 cm³/mol. The van der Waals surface area contributed by atoms with Gasteiger partial charge in [-0.1, -0.05) is 6.92 Å². The maximum Gasteiger partial charge on any atom is 0.433 e. The Hall–Kier alpha value is -3.04. The van der Waals surface area contributed by atoms with E-state index >= 15 is 0 Å². The van der Waals surface area contributed by atoms with Gasteiger partial charge >= 0.3 is 6.18 Å². The molecule has 0 saturated heterocycles. The standard InChI is InChI=1S/C22H19F5N4O/c1-10(21(32)30-11-2-3-19(28-8-11)22(25,26)27)20-13-4-12(5-14(13)20)31-9-29-17-6-15(23)16(24)7-18(17)31/h2-3,6-10,12-14,20H,4-5H2,1H3,(H,30,32)/t10?,12?,13-,14+,20?. The number of amides is 1. The molecule has 0 radical (unpaired) electrons. The Morgan fingerprint density at radius 3 is 2.44 bits per heavy atom. The van der Waals surface area contributed by atoms with E-state index in [1.807, 2.05) is 11.5 Å². The van der Waals surface area contributed by atoms with Crippen molar-refractivity contribution in [3.05, 3.63) is 54.1 Å². The quantitative estimate of drug-likeness (QED) is 0.556. The number of nitrogens with one attached hydrogen (secondary N) is 1. The van der Waals surface area contributed by atoms with E-state index in [2.05, 4.69) is 15.3 Å². The van der Waals surface area contributed by atoms with Crippen LogP contribution in [-0.2, 0) is 11.0 Å². The number of hydrogen-bond donors (Lipinski definition) is 1. The van der Waals surface area contributed by atoms with Gasteiger partial charge in [0, 0.05) is 24.1 Å². The zero-order valence-corrected chi connectivity index (χ0v) is 16.9. The van der Waals surface area contributed by atoms with Gasteiger partial charge in [0.1, 0.15) is 5.69 Å². The van der Waals surface area contributed by atoms with E-state index in [1.54, 1.807) is 6.33 Å². The Morgan fingerprint density at radius 1 is 1.12 bits per heavy atom. The molecule has 3 unspecified atom stereocenters. The minimum Gasteiger partial charge on any atom is -0.327 e. The van der Waals surface area contributed by atoms with Crippen molar-refractivity contribution in [2.75, 3.05) is 5.32 Å². The first-order valence-electron chi connectivity index (χ1n) is 10.3. The van der Waals surface area contributed by atoms with E-state index in [4.69, 9.17) is 0 Å². The summed E-state index contributed by atoms with van der Waals surface area (Å²) in [5.74, 6) is -1.57. The third kappa shape index (κ3) is 3.51. The normalized spacial score (nSPS) is 25.6. The lowest BCUT2D eigenvalue weighted by atomic mass is 9.96. The first-order chi connectivity index (χ1) is 15.1. The van der Waals surface area contributed by atoms with Crippen LogP contribution in [0.4, 0.5) is 27.6 Å². The summed E-state index contributed by atoms with van der Waals surface area (Å²) in [5.41, 5.74) is 0.157. The Balaban J connectivity index is 1.21. The molecule has 5 atom stereocenters.